The van der Waals surface area contributed by atoms with Crippen LogP contribution in [0.4, 0.5) is 5.69 Å². The van der Waals surface area contributed by atoms with Crippen molar-refractivity contribution in [1.29, 1.82) is 0 Å². The third-order valence-electron chi connectivity index (χ3n) is 5.05. The summed E-state index contributed by atoms with van der Waals surface area (Å²) >= 11 is 0. The van der Waals surface area contributed by atoms with Crippen molar-refractivity contribution in [2.75, 3.05) is 31.6 Å². The Morgan fingerprint density at radius 3 is 2.67 bits per heavy atom. The number of hydrogen-bond donors (Lipinski definition) is 1. The molecular weight excluding hydrogens is 304 g/mol. The van der Waals surface area contributed by atoms with Crippen LogP contribution in [-0.4, -0.2) is 43.0 Å². The smallest absolute Gasteiger partial charge is 0.255 e. The molecule has 2 heterocycles. The first kappa shape index (κ1) is 16.7. The van der Waals surface area contributed by atoms with Crippen LogP contribution in [0.3, 0.4) is 0 Å². The van der Waals surface area contributed by atoms with Crippen molar-refractivity contribution in [1.82, 2.24) is 4.90 Å². The predicted octanol–water partition coefficient (Wildman–Crippen LogP) is 2.70. The van der Waals surface area contributed by atoms with Crippen molar-refractivity contribution in [2.45, 2.75) is 19.3 Å². The third kappa shape index (κ3) is 3.67. The number of likely N-dealkylation sites (tertiary alicyclic amines) is 1. The minimum atomic E-state index is -0.309. The molecule has 2 fully saturated rings. The lowest BCUT2D eigenvalue weighted by Gasteiger charge is -2.27. The van der Waals surface area contributed by atoms with Gasteiger partial charge < -0.3 is 15.0 Å². The lowest BCUT2D eigenvalue weighted by Crippen LogP contribution is -2.31. The van der Waals surface area contributed by atoms with E-state index in [1.54, 1.807) is 12.1 Å². The molecule has 2 saturated heterocycles. The van der Waals surface area contributed by atoms with E-state index in [9.17, 15) is 9.59 Å². The highest BCUT2D eigenvalue weighted by molar-refractivity contribution is 6.06. The number of amides is 2. The fourth-order valence-electron chi connectivity index (χ4n) is 3.68. The topological polar surface area (TPSA) is 58.6 Å². The Bertz CT molecular complexity index is 623. The van der Waals surface area contributed by atoms with E-state index in [-0.39, 0.29) is 11.8 Å². The fraction of sp³-hybridized carbons (Fsp3) is 0.474. The summed E-state index contributed by atoms with van der Waals surface area (Å²) < 4.78 is 5.44. The zero-order chi connectivity index (χ0) is 16.9. The van der Waals surface area contributed by atoms with E-state index in [1.807, 2.05) is 17.0 Å². The molecule has 5 heteroatoms. The average molecular weight is 328 g/mol. The molecule has 24 heavy (non-hydrogen) atoms. The molecule has 0 aliphatic carbocycles. The van der Waals surface area contributed by atoms with Gasteiger partial charge in [0.05, 0.1) is 11.3 Å². The number of nitrogens with one attached hydrogen (secondary N) is 1. The van der Waals surface area contributed by atoms with E-state index in [0.29, 0.717) is 23.1 Å². The van der Waals surface area contributed by atoms with Crippen molar-refractivity contribution in [3.05, 3.63) is 42.5 Å². The molecule has 1 aromatic rings. The summed E-state index contributed by atoms with van der Waals surface area (Å²) in [6, 6.07) is 7.15. The van der Waals surface area contributed by atoms with Gasteiger partial charge in [0.1, 0.15) is 0 Å². The Morgan fingerprint density at radius 2 is 1.92 bits per heavy atom. The maximum absolute atomic E-state index is 12.9. The van der Waals surface area contributed by atoms with Crippen LogP contribution in [0.2, 0.25) is 0 Å². The fourth-order valence-corrected chi connectivity index (χ4v) is 3.68. The average Bonchev–Trinajstić information content (AvgIpc) is 3.12. The third-order valence-corrected chi connectivity index (χ3v) is 5.05. The summed E-state index contributed by atoms with van der Waals surface area (Å²) in [7, 11) is 0. The molecule has 1 unspecified atom stereocenters. The molecular formula is C19H24N2O3. The maximum Gasteiger partial charge on any atom is 0.255 e. The first-order chi connectivity index (χ1) is 11.7. The number of carbonyl (C=O) groups excluding carboxylic acids is 2. The molecule has 0 spiro atoms. The number of benzene rings is 1. The molecule has 0 saturated carbocycles. The Labute approximate surface area is 142 Å². The van der Waals surface area contributed by atoms with Crippen LogP contribution >= 0.6 is 0 Å². The van der Waals surface area contributed by atoms with Gasteiger partial charge in [-0.3, -0.25) is 9.59 Å². The zero-order valence-corrected chi connectivity index (χ0v) is 13.9. The number of hydrogen-bond acceptors (Lipinski definition) is 3. The standard InChI is InChI=1S/C19H24N2O3/c1-2-18(22)20-17-6-4-3-5-16(17)19(23)21-10-7-15(13-21)14-8-11-24-12-9-14/h2-6,14-15H,1,7-13H2,(H,20,22). The van der Waals surface area contributed by atoms with Gasteiger partial charge in [0.25, 0.3) is 5.91 Å². The van der Waals surface area contributed by atoms with Crippen molar-refractivity contribution < 1.29 is 14.3 Å². The second kappa shape index (κ2) is 7.62. The van der Waals surface area contributed by atoms with Crippen LogP contribution in [0, 0.1) is 11.8 Å². The molecule has 1 aromatic carbocycles. The normalized spacial score (nSPS) is 21.5. The van der Waals surface area contributed by atoms with E-state index in [1.165, 1.54) is 6.08 Å². The summed E-state index contributed by atoms with van der Waals surface area (Å²) in [6.07, 6.45) is 4.45. The highest BCUT2D eigenvalue weighted by Gasteiger charge is 2.33. The molecule has 0 radical (unpaired) electrons. The SMILES string of the molecule is C=CC(=O)Nc1ccccc1C(=O)N1CCC(C2CCOCC2)C1. The van der Waals surface area contributed by atoms with Gasteiger partial charge in [-0.05, 0) is 49.3 Å². The van der Waals surface area contributed by atoms with Crippen LogP contribution in [0.25, 0.3) is 0 Å². The summed E-state index contributed by atoms with van der Waals surface area (Å²) in [5.74, 6) is 0.904. The summed E-state index contributed by atoms with van der Waals surface area (Å²) in [6.45, 7) is 6.71. The summed E-state index contributed by atoms with van der Waals surface area (Å²) in [4.78, 5) is 26.4. The minimum Gasteiger partial charge on any atom is -0.381 e. The van der Waals surface area contributed by atoms with Gasteiger partial charge in [0.2, 0.25) is 5.91 Å². The van der Waals surface area contributed by atoms with Crippen LogP contribution in [0.5, 0.6) is 0 Å². The predicted molar refractivity (Wildman–Crippen MR) is 92.8 cm³/mol. The largest absolute Gasteiger partial charge is 0.381 e. The van der Waals surface area contributed by atoms with E-state index >= 15 is 0 Å². The second-order valence-corrected chi connectivity index (χ2v) is 6.49. The van der Waals surface area contributed by atoms with Crippen molar-refractivity contribution in [2.24, 2.45) is 11.8 Å². The van der Waals surface area contributed by atoms with Crippen molar-refractivity contribution in [3.63, 3.8) is 0 Å². The molecule has 2 aliphatic heterocycles. The highest BCUT2D eigenvalue weighted by Crippen LogP contribution is 2.32. The van der Waals surface area contributed by atoms with Gasteiger partial charge in [-0.15, -0.1) is 0 Å². The molecule has 0 aromatic heterocycles. The number of nitrogens with zero attached hydrogens (tertiary/aromatic N) is 1. The van der Waals surface area contributed by atoms with E-state index < -0.39 is 0 Å². The van der Waals surface area contributed by atoms with Gasteiger partial charge in [0, 0.05) is 26.3 Å². The van der Waals surface area contributed by atoms with E-state index in [2.05, 4.69) is 11.9 Å². The molecule has 1 atom stereocenters. The molecule has 0 bridgehead atoms. The lowest BCUT2D eigenvalue weighted by atomic mass is 9.85. The Morgan fingerprint density at radius 1 is 1.17 bits per heavy atom. The Balaban J connectivity index is 1.68. The quantitative estimate of drug-likeness (QED) is 0.865. The van der Waals surface area contributed by atoms with Crippen LogP contribution in [0.15, 0.2) is 36.9 Å². The molecule has 128 valence electrons. The van der Waals surface area contributed by atoms with Gasteiger partial charge in [-0.25, -0.2) is 0 Å². The van der Waals surface area contributed by atoms with Gasteiger partial charge in [-0.2, -0.15) is 0 Å². The van der Waals surface area contributed by atoms with Gasteiger partial charge in [0.15, 0.2) is 0 Å². The monoisotopic (exact) mass is 328 g/mol. The molecule has 2 amide bonds. The van der Waals surface area contributed by atoms with Crippen molar-refractivity contribution >= 4 is 17.5 Å². The molecule has 1 N–H and O–H groups in total. The number of carbonyl (C=O) groups is 2. The first-order valence-corrected chi connectivity index (χ1v) is 8.58. The number of ether oxygens (including phenoxy) is 1. The van der Waals surface area contributed by atoms with Crippen LogP contribution < -0.4 is 5.32 Å². The molecule has 5 nitrogen and oxygen atoms in total. The Hall–Kier alpha value is -2.14. The van der Waals surface area contributed by atoms with Gasteiger partial charge in [-0.1, -0.05) is 18.7 Å². The maximum atomic E-state index is 12.9. The zero-order valence-electron chi connectivity index (χ0n) is 13.9. The highest BCUT2D eigenvalue weighted by atomic mass is 16.5. The molecule has 3 rings (SSSR count). The summed E-state index contributed by atoms with van der Waals surface area (Å²) in [5.41, 5.74) is 1.09. The van der Waals surface area contributed by atoms with E-state index in [0.717, 1.165) is 45.6 Å². The summed E-state index contributed by atoms with van der Waals surface area (Å²) in [5, 5.41) is 2.72. The second-order valence-electron chi connectivity index (χ2n) is 6.49. The number of rotatable bonds is 4. The van der Waals surface area contributed by atoms with Crippen LogP contribution in [0.1, 0.15) is 29.6 Å². The minimum absolute atomic E-state index is 0.00970. The lowest BCUT2D eigenvalue weighted by molar-refractivity contribution is -0.111. The van der Waals surface area contributed by atoms with E-state index in [4.69, 9.17) is 4.74 Å². The van der Waals surface area contributed by atoms with Crippen LogP contribution in [-0.2, 0) is 9.53 Å². The molecule has 2 aliphatic rings. The first-order valence-electron chi connectivity index (χ1n) is 8.58. The van der Waals surface area contributed by atoms with Crippen molar-refractivity contribution in [3.8, 4) is 0 Å². The Kier molecular flexibility index (Phi) is 5.30. The number of anilines is 1. The van der Waals surface area contributed by atoms with Gasteiger partial charge >= 0.3 is 0 Å². The number of para-hydroxylation sites is 1.